The maximum Gasteiger partial charge on any atom is 0.244 e. The lowest BCUT2D eigenvalue weighted by Gasteiger charge is -2.31. The zero-order valence-electron chi connectivity index (χ0n) is 13.0. The van der Waals surface area contributed by atoms with E-state index in [1.54, 1.807) is 0 Å². The molecule has 7 nitrogen and oxygen atoms in total. The quantitative estimate of drug-likeness (QED) is 0.492. The molecule has 0 aromatic heterocycles. The Morgan fingerprint density at radius 1 is 1.24 bits per heavy atom. The van der Waals surface area contributed by atoms with Gasteiger partial charge >= 0.3 is 0 Å². The number of phenolic OH excluding ortho intramolecular Hbond substituents is 2. The first kappa shape index (κ1) is 17.1. The molecular weight excluding hydrogens is 350 g/mol. The number of halogens is 1. The van der Waals surface area contributed by atoms with Gasteiger partial charge in [-0.15, -0.1) is 0 Å². The number of aliphatic hydroxyl groups is 1. The van der Waals surface area contributed by atoms with Crippen LogP contribution in [-0.4, -0.2) is 21.2 Å². The fourth-order valence-corrected chi connectivity index (χ4v) is 2.51. The van der Waals surface area contributed by atoms with E-state index in [4.69, 9.17) is 21.2 Å². The van der Waals surface area contributed by atoms with Crippen LogP contribution in [0.25, 0.3) is 5.76 Å². The largest absolute Gasteiger partial charge is 0.508 e. The maximum atomic E-state index is 11.1. The van der Waals surface area contributed by atoms with Gasteiger partial charge in [0.2, 0.25) is 11.7 Å². The number of hydrogen-bond acceptors (Lipinski definition) is 6. The first-order chi connectivity index (χ1) is 11.8. The van der Waals surface area contributed by atoms with Crippen molar-refractivity contribution in [2.24, 2.45) is 0 Å². The van der Waals surface area contributed by atoms with Crippen molar-refractivity contribution >= 4 is 23.3 Å². The Hall–Kier alpha value is -2.74. The van der Waals surface area contributed by atoms with E-state index in [2.05, 4.69) is 5.48 Å². The fourth-order valence-electron chi connectivity index (χ4n) is 2.33. The standard InChI is InChI=1S/C17H14ClNO6/c1-9(20)19-25-17(23)8-16(10-2-5-14(22)13(18)6-10)24-15-7-11(21)3-4-12(15)17/h2-8,21-23H,1H3,(H,19,20). The third kappa shape index (κ3) is 3.39. The molecule has 8 heteroatoms. The summed E-state index contributed by atoms with van der Waals surface area (Å²) in [7, 11) is 0. The van der Waals surface area contributed by atoms with Crippen molar-refractivity contribution in [1.82, 2.24) is 5.48 Å². The molecule has 2 aromatic rings. The van der Waals surface area contributed by atoms with E-state index < -0.39 is 11.7 Å². The third-order valence-electron chi connectivity index (χ3n) is 3.48. The van der Waals surface area contributed by atoms with Crippen LogP contribution in [0.2, 0.25) is 5.02 Å². The second-order valence-electron chi connectivity index (χ2n) is 5.41. The van der Waals surface area contributed by atoms with Gasteiger partial charge in [-0.05, 0) is 30.3 Å². The summed E-state index contributed by atoms with van der Waals surface area (Å²) in [4.78, 5) is 16.3. The number of carbonyl (C=O) groups excluding carboxylic acids is 1. The molecular formula is C17H14ClNO6. The molecule has 3 rings (SSSR count). The summed E-state index contributed by atoms with van der Waals surface area (Å²) in [6, 6.07) is 8.39. The van der Waals surface area contributed by atoms with Crippen LogP contribution >= 0.6 is 11.6 Å². The fraction of sp³-hybridized carbons (Fsp3) is 0.118. The van der Waals surface area contributed by atoms with Crippen LogP contribution in [0.4, 0.5) is 0 Å². The number of hydrogen-bond donors (Lipinski definition) is 4. The summed E-state index contributed by atoms with van der Waals surface area (Å²) in [5.41, 5.74) is 2.72. The Morgan fingerprint density at radius 2 is 2.00 bits per heavy atom. The lowest BCUT2D eigenvalue weighted by Crippen LogP contribution is -2.38. The molecule has 1 heterocycles. The zero-order valence-corrected chi connectivity index (χ0v) is 13.7. The lowest BCUT2D eigenvalue weighted by atomic mass is 9.99. The predicted octanol–water partition coefficient (Wildman–Crippen LogP) is 2.40. The van der Waals surface area contributed by atoms with Crippen molar-refractivity contribution < 1.29 is 29.7 Å². The molecule has 0 saturated heterocycles. The molecule has 0 fully saturated rings. The minimum Gasteiger partial charge on any atom is -0.508 e. The molecule has 130 valence electrons. The van der Waals surface area contributed by atoms with Gasteiger partial charge in [-0.2, -0.15) is 0 Å². The highest BCUT2D eigenvalue weighted by atomic mass is 35.5. The van der Waals surface area contributed by atoms with E-state index in [-0.39, 0.29) is 33.6 Å². The van der Waals surface area contributed by atoms with Gasteiger partial charge in [0, 0.05) is 24.6 Å². The number of nitrogens with one attached hydrogen (secondary N) is 1. The van der Waals surface area contributed by atoms with Crippen molar-refractivity contribution in [3.8, 4) is 17.2 Å². The third-order valence-corrected chi connectivity index (χ3v) is 3.78. The number of aromatic hydroxyl groups is 2. The van der Waals surface area contributed by atoms with E-state index in [1.807, 2.05) is 0 Å². The Labute approximate surface area is 147 Å². The molecule has 4 N–H and O–H groups in total. The van der Waals surface area contributed by atoms with Crippen molar-refractivity contribution in [2.75, 3.05) is 0 Å². The number of ether oxygens (including phenoxy) is 1. The molecule has 1 atom stereocenters. The molecule has 0 spiro atoms. The van der Waals surface area contributed by atoms with E-state index >= 15 is 0 Å². The van der Waals surface area contributed by atoms with Crippen LogP contribution in [0.3, 0.4) is 0 Å². The number of benzene rings is 2. The first-order valence-electron chi connectivity index (χ1n) is 7.18. The SMILES string of the molecule is CC(=O)NOC1(O)C=C(c2ccc(O)c(Cl)c2)Oc2cc(O)ccc21. The number of carbonyl (C=O) groups is 1. The average molecular weight is 364 g/mol. The van der Waals surface area contributed by atoms with E-state index in [0.717, 1.165) is 0 Å². The highest BCUT2D eigenvalue weighted by molar-refractivity contribution is 6.32. The molecule has 2 aromatic carbocycles. The second-order valence-corrected chi connectivity index (χ2v) is 5.82. The van der Waals surface area contributed by atoms with E-state index in [0.29, 0.717) is 5.56 Å². The summed E-state index contributed by atoms with van der Waals surface area (Å²) in [5.74, 6) is -2.44. The number of rotatable bonds is 3. The number of amides is 1. The molecule has 1 unspecified atom stereocenters. The molecule has 0 aliphatic carbocycles. The van der Waals surface area contributed by atoms with Gasteiger partial charge in [0.05, 0.1) is 10.6 Å². The molecule has 0 bridgehead atoms. The van der Waals surface area contributed by atoms with Gasteiger partial charge in [-0.1, -0.05) is 11.6 Å². The molecule has 1 aliphatic rings. The van der Waals surface area contributed by atoms with Crippen LogP contribution < -0.4 is 10.2 Å². The normalized spacial score (nSPS) is 18.8. The van der Waals surface area contributed by atoms with Gasteiger partial charge in [-0.3, -0.25) is 4.79 Å². The molecule has 0 radical (unpaired) electrons. The van der Waals surface area contributed by atoms with Crippen LogP contribution in [0.1, 0.15) is 18.1 Å². The second kappa shape index (κ2) is 6.29. The number of phenols is 2. The highest BCUT2D eigenvalue weighted by Crippen LogP contribution is 2.42. The van der Waals surface area contributed by atoms with Gasteiger partial charge in [0.1, 0.15) is 23.0 Å². The van der Waals surface area contributed by atoms with Crippen LogP contribution in [0.5, 0.6) is 17.2 Å². The Bertz CT molecular complexity index is 881. The summed E-state index contributed by atoms with van der Waals surface area (Å²) in [5, 5.41) is 30.2. The minimum atomic E-state index is -2.04. The first-order valence-corrected chi connectivity index (χ1v) is 7.56. The van der Waals surface area contributed by atoms with Gasteiger partial charge in [0.15, 0.2) is 0 Å². The topological polar surface area (TPSA) is 108 Å². The monoisotopic (exact) mass is 363 g/mol. The summed E-state index contributed by atoms with van der Waals surface area (Å²) >= 11 is 5.91. The van der Waals surface area contributed by atoms with Gasteiger partial charge < -0.3 is 20.1 Å². The smallest absolute Gasteiger partial charge is 0.244 e. The summed E-state index contributed by atoms with van der Waals surface area (Å²) < 4.78 is 5.70. The van der Waals surface area contributed by atoms with Crippen LogP contribution in [0, 0.1) is 0 Å². The van der Waals surface area contributed by atoms with Crippen LogP contribution in [0.15, 0.2) is 42.5 Å². The minimum absolute atomic E-state index is 0.0781. The Balaban J connectivity index is 2.09. The van der Waals surface area contributed by atoms with E-state index in [9.17, 15) is 20.1 Å². The van der Waals surface area contributed by atoms with Crippen molar-refractivity contribution in [2.45, 2.75) is 12.7 Å². The number of fused-ring (bicyclic) bond motifs is 1. The van der Waals surface area contributed by atoms with Crippen molar-refractivity contribution in [1.29, 1.82) is 0 Å². The summed E-state index contributed by atoms with van der Waals surface area (Å²) in [6.07, 6.45) is 1.24. The lowest BCUT2D eigenvalue weighted by molar-refractivity contribution is -0.217. The number of hydroxylamine groups is 1. The zero-order chi connectivity index (χ0) is 18.2. The van der Waals surface area contributed by atoms with Crippen molar-refractivity contribution in [3.63, 3.8) is 0 Å². The van der Waals surface area contributed by atoms with Gasteiger partial charge in [0.25, 0.3) is 0 Å². The van der Waals surface area contributed by atoms with E-state index in [1.165, 1.54) is 49.4 Å². The van der Waals surface area contributed by atoms with Crippen molar-refractivity contribution in [3.05, 3.63) is 58.6 Å². The molecule has 25 heavy (non-hydrogen) atoms. The van der Waals surface area contributed by atoms with Crippen LogP contribution in [-0.2, 0) is 15.4 Å². The molecule has 1 aliphatic heterocycles. The average Bonchev–Trinajstić information content (AvgIpc) is 2.55. The molecule has 0 saturated carbocycles. The summed E-state index contributed by atoms with van der Waals surface area (Å²) in [6.45, 7) is 1.23. The Morgan fingerprint density at radius 3 is 2.68 bits per heavy atom. The molecule has 1 amide bonds. The van der Waals surface area contributed by atoms with Gasteiger partial charge in [-0.25, -0.2) is 10.3 Å². The maximum absolute atomic E-state index is 11.1. The predicted molar refractivity (Wildman–Crippen MR) is 88.6 cm³/mol. The highest BCUT2D eigenvalue weighted by Gasteiger charge is 2.38. The Kier molecular flexibility index (Phi) is 4.30.